The number of rotatable bonds is 4. The Morgan fingerprint density at radius 2 is 2.06 bits per heavy atom. The van der Waals surface area contributed by atoms with Crippen LogP contribution in [0.4, 0.5) is 0 Å². The van der Waals surface area contributed by atoms with E-state index in [9.17, 15) is 4.79 Å². The van der Waals surface area contributed by atoms with Crippen LogP contribution < -0.4 is 0 Å². The molecule has 0 spiro atoms. The Morgan fingerprint density at radius 3 is 2.67 bits per heavy atom. The predicted octanol–water partition coefficient (Wildman–Crippen LogP) is 2.89. The first kappa shape index (κ1) is 13.1. The van der Waals surface area contributed by atoms with Crippen LogP contribution in [0.15, 0.2) is 35.3 Å². The maximum Gasteiger partial charge on any atom is 0.332 e. The third-order valence-electron chi connectivity index (χ3n) is 2.82. The summed E-state index contributed by atoms with van der Waals surface area (Å²) in [5.41, 5.74) is 1.08. The number of aliphatic imine (C=N–C) groups is 1. The van der Waals surface area contributed by atoms with Crippen LogP contribution in [0.2, 0.25) is 0 Å². The fraction of sp³-hybridized carbons (Fsp3) is 0.429. The van der Waals surface area contributed by atoms with Crippen LogP contribution in [0.5, 0.6) is 0 Å². The van der Waals surface area contributed by atoms with Gasteiger partial charge in [-0.15, -0.1) is 0 Å². The second-order valence-electron chi connectivity index (χ2n) is 4.06. The SMILES string of the molecule is CCOC(=O)[C@@H]1N=C(c2ccccc2)S[C@H]1CC. The fourth-order valence-electron chi connectivity index (χ4n) is 1.91. The average molecular weight is 263 g/mol. The minimum Gasteiger partial charge on any atom is -0.464 e. The minimum absolute atomic E-state index is 0.194. The van der Waals surface area contributed by atoms with Crippen molar-refractivity contribution < 1.29 is 9.53 Å². The summed E-state index contributed by atoms with van der Waals surface area (Å²) in [6.07, 6.45) is 0.911. The van der Waals surface area contributed by atoms with Gasteiger partial charge in [0.25, 0.3) is 0 Å². The van der Waals surface area contributed by atoms with Gasteiger partial charge in [0.05, 0.1) is 11.7 Å². The number of nitrogens with zero attached hydrogens (tertiary/aromatic N) is 1. The van der Waals surface area contributed by atoms with Gasteiger partial charge in [-0.3, -0.25) is 4.99 Å². The highest BCUT2D eigenvalue weighted by molar-refractivity contribution is 8.15. The minimum atomic E-state index is -0.352. The smallest absolute Gasteiger partial charge is 0.332 e. The van der Waals surface area contributed by atoms with Crippen molar-refractivity contribution in [1.29, 1.82) is 0 Å². The van der Waals surface area contributed by atoms with Gasteiger partial charge in [-0.25, -0.2) is 4.79 Å². The van der Waals surface area contributed by atoms with Gasteiger partial charge in [-0.05, 0) is 13.3 Å². The lowest BCUT2D eigenvalue weighted by atomic mass is 10.1. The second-order valence-corrected chi connectivity index (χ2v) is 5.29. The molecule has 1 aliphatic heterocycles. The summed E-state index contributed by atoms with van der Waals surface area (Å²) in [5.74, 6) is -0.206. The summed E-state index contributed by atoms with van der Waals surface area (Å²) >= 11 is 1.68. The lowest BCUT2D eigenvalue weighted by molar-refractivity contribution is -0.144. The van der Waals surface area contributed by atoms with Gasteiger partial charge >= 0.3 is 5.97 Å². The molecule has 3 nitrogen and oxygen atoms in total. The zero-order valence-electron chi connectivity index (χ0n) is 10.6. The van der Waals surface area contributed by atoms with Crippen molar-refractivity contribution in [3.05, 3.63) is 35.9 Å². The van der Waals surface area contributed by atoms with Gasteiger partial charge in [0.2, 0.25) is 0 Å². The van der Waals surface area contributed by atoms with Crippen molar-refractivity contribution in [2.75, 3.05) is 6.61 Å². The zero-order chi connectivity index (χ0) is 13.0. The number of benzene rings is 1. The largest absolute Gasteiger partial charge is 0.464 e. The molecule has 4 heteroatoms. The first-order chi connectivity index (χ1) is 8.76. The maximum absolute atomic E-state index is 11.8. The maximum atomic E-state index is 11.8. The monoisotopic (exact) mass is 263 g/mol. The molecule has 18 heavy (non-hydrogen) atoms. The number of hydrogen-bond acceptors (Lipinski definition) is 4. The van der Waals surface area contributed by atoms with Gasteiger partial charge in [0, 0.05) is 10.8 Å². The Balaban J connectivity index is 2.19. The normalized spacial score (nSPS) is 22.7. The second kappa shape index (κ2) is 6.05. The molecule has 0 saturated heterocycles. The van der Waals surface area contributed by atoms with Crippen LogP contribution >= 0.6 is 11.8 Å². The molecule has 0 aromatic heterocycles. The number of thioether (sulfide) groups is 1. The summed E-state index contributed by atoms with van der Waals surface area (Å²) in [6.45, 7) is 4.31. The van der Waals surface area contributed by atoms with Crippen molar-refractivity contribution in [3.63, 3.8) is 0 Å². The molecular weight excluding hydrogens is 246 g/mol. The van der Waals surface area contributed by atoms with Gasteiger partial charge < -0.3 is 4.74 Å². The number of hydrogen-bond donors (Lipinski definition) is 0. The molecule has 0 radical (unpaired) electrons. The molecule has 2 rings (SSSR count). The summed E-state index contributed by atoms with van der Waals surface area (Å²) in [6, 6.07) is 9.63. The Labute approximate surface area is 112 Å². The lowest BCUT2D eigenvalue weighted by Gasteiger charge is -2.13. The van der Waals surface area contributed by atoms with Gasteiger partial charge in [0.15, 0.2) is 6.04 Å². The molecule has 1 aromatic rings. The van der Waals surface area contributed by atoms with E-state index in [4.69, 9.17) is 4.74 Å². The molecule has 0 fully saturated rings. The van der Waals surface area contributed by atoms with Crippen LogP contribution in [0.3, 0.4) is 0 Å². The molecule has 1 heterocycles. The molecule has 1 aliphatic rings. The lowest BCUT2D eigenvalue weighted by Crippen LogP contribution is -2.28. The Hall–Kier alpha value is -1.29. The molecular formula is C14H17NO2S. The molecule has 0 aliphatic carbocycles. The highest BCUT2D eigenvalue weighted by Crippen LogP contribution is 2.33. The first-order valence-corrected chi connectivity index (χ1v) is 7.10. The van der Waals surface area contributed by atoms with Crippen LogP contribution in [-0.4, -0.2) is 28.9 Å². The highest BCUT2D eigenvalue weighted by atomic mass is 32.2. The van der Waals surface area contributed by atoms with E-state index in [0.29, 0.717) is 6.61 Å². The van der Waals surface area contributed by atoms with E-state index in [1.807, 2.05) is 37.3 Å². The van der Waals surface area contributed by atoms with Crippen LogP contribution in [0.25, 0.3) is 0 Å². The van der Waals surface area contributed by atoms with Crippen molar-refractivity contribution in [2.45, 2.75) is 31.6 Å². The van der Waals surface area contributed by atoms with Crippen LogP contribution in [0.1, 0.15) is 25.8 Å². The quantitative estimate of drug-likeness (QED) is 0.784. The van der Waals surface area contributed by atoms with Gasteiger partial charge in [-0.1, -0.05) is 49.0 Å². The Morgan fingerprint density at radius 1 is 1.33 bits per heavy atom. The standard InChI is InChI=1S/C14H17NO2S/c1-3-11-12(14(16)17-4-2)15-13(18-11)10-8-6-5-7-9-10/h5-9,11-12H,3-4H2,1-2H3/t11-,12+/m0/s1. The Bertz CT molecular complexity index is 444. The molecule has 96 valence electrons. The van der Waals surface area contributed by atoms with E-state index in [-0.39, 0.29) is 17.3 Å². The van der Waals surface area contributed by atoms with E-state index in [0.717, 1.165) is 17.0 Å². The van der Waals surface area contributed by atoms with Crippen molar-refractivity contribution in [2.24, 2.45) is 4.99 Å². The van der Waals surface area contributed by atoms with Crippen LogP contribution in [-0.2, 0) is 9.53 Å². The number of ether oxygens (including phenoxy) is 1. The molecule has 1 aromatic carbocycles. The van der Waals surface area contributed by atoms with Crippen molar-refractivity contribution in [1.82, 2.24) is 0 Å². The summed E-state index contributed by atoms with van der Waals surface area (Å²) < 4.78 is 5.08. The zero-order valence-corrected chi connectivity index (χ0v) is 11.4. The molecule has 0 unspecified atom stereocenters. The molecule has 2 atom stereocenters. The fourth-order valence-corrected chi connectivity index (χ4v) is 3.11. The third-order valence-corrected chi connectivity index (χ3v) is 4.28. The van der Waals surface area contributed by atoms with E-state index in [2.05, 4.69) is 11.9 Å². The summed E-state index contributed by atoms with van der Waals surface area (Å²) in [7, 11) is 0. The number of esters is 1. The number of carbonyl (C=O) groups excluding carboxylic acids is 1. The molecule has 0 N–H and O–H groups in total. The summed E-state index contributed by atoms with van der Waals surface area (Å²) in [5, 5.41) is 1.14. The van der Waals surface area contributed by atoms with Crippen molar-refractivity contribution in [3.8, 4) is 0 Å². The van der Waals surface area contributed by atoms with Crippen molar-refractivity contribution >= 4 is 22.8 Å². The number of carbonyl (C=O) groups is 1. The Kier molecular flexibility index (Phi) is 4.42. The van der Waals surface area contributed by atoms with Crippen LogP contribution in [0, 0.1) is 0 Å². The molecule has 0 saturated carbocycles. The average Bonchev–Trinajstić information content (AvgIpc) is 2.84. The van der Waals surface area contributed by atoms with Gasteiger partial charge in [-0.2, -0.15) is 0 Å². The van der Waals surface area contributed by atoms with E-state index in [1.165, 1.54) is 0 Å². The summed E-state index contributed by atoms with van der Waals surface area (Å²) in [4.78, 5) is 16.4. The van der Waals surface area contributed by atoms with Gasteiger partial charge in [0.1, 0.15) is 0 Å². The van der Waals surface area contributed by atoms with E-state index < -0.39 is 0 Å². The van der Waals surface area contributed by atoms with E-state index >= 15 is 0 Å². The molecule has 0 bridgehead atoms. The highest BCUT2D eigenvalue weighted by Gasteiger charge is 2.35. The third kappa shape index (κ3) is 2.75. The molecule has 0 amide bonds. The topological polar surface area (TPSA) is 38.7 Å². The first-order valence-electron chi connectivity index (χ1n) is 6.22. The van der Waals surface area contributed by atoms with E-state index in [1.54, 1.807) is 11.8 Å². The predicted molar refractivity (Wildman–Crippen MR) is 75.1 cm³/mol.